The lowest BCUT2D eigenvalue weighted by atomic mass is 9.95. The number of hydrogen-bond donors (Lipinski definition) is 1. The Balaban J connectivity index is 1.41. The molecule has 2 heterocycles. The Morgan fingerprint density at radius 3 is 2.38 bits per heavy atom. The molecule has 0 spiro atoms. The first-order valence-corrected chi connectivity index (χ1v) is 15.6. The van der Waals surface area contributed by atoms with E-state index in [0.29, 0.717) is 61.2 Å². The summed E-state index contributed by atoms with van der Waals surface area (Å²) in [6.07, 6.45) is 1.59. The van der Waals surface area contributed by atoms with Crippen LogP contribution in [0.25, 0.3) is 22.5 Å². The molecule has 2 aromatic carbocycles. The molecule has 4 rings (SSSR count). The number of hydrogen-bond acceptors (Lipinski definition) is 8. The van der Waals surface area contributed by atoms with E-state index >= 15 is 0 Å². The van der Waals surface area contributed by atoms with E-state index in [-0.39, 0.29) is 49.6 Å². The van der Waals surface area contributed by atoms with Gasteiger partial charge in [0.1, 0.15) is 18.0 Å². The molecule has 240 valence electrons. The Bertz CT molecular complexity index is 1500. The molecule has 11 nitrogen and oxygen atoms in total. The predicted molar refractivity (Wildman–Crippen MR) is 170 cm³/mol. The van der Waals surface area contributed by atoms with Crippen LogP contribution in [-0.2, 0) is 41.7 Å². The Labute approximate surface area is 264 Å². The molecule has 0 saturated heterocycles. The molecule has 45 heavy (non-hydrogen) atoms. The van der Waals surface area contributed by atoms with E-state index in [0.717, 1.165) is 17.5 Å². The predicted octanol–water partition coefficient (Wildman–Crippen LogP) is 4.72. The second-order valence-electron chi connectivity index (χ2n) is 11.8. The third kappa shape index (κ3) is 9.31. The molecule has 0 radical (unpaired) electrons. The van der Waals surface area contributed by atoms with Crippen molar-refractivity contribution >= 4 is 29.3 Å². The van der Waals surface area contributed by atoms with Crippen LogP contribution in [-0.4, -0.2) is 64.4 Å². The maximum atomic E-state index is 13.7. The van der Waals surface area contributed by atoms with E-state index in [1.54, 1.807) is 23.4 Å². The smallest absolute Gasteiger partial charge is 0.328 e. The number of fused-ring (bicyclic) bond motifs is 5. The zero-order chi connectivity index (χ0) is 32.3. The first-order chi connectivity index (χ1) is 21.6. The minimum absolute atomic E-state index is 0.00807. The monoisotopic (exact) mass is 617 g/mol. The van der Waals surface area contributed by atoms with Gasteiger partial charge in [-0.05, 0) is 37.8 Å². The van der Waals surface area contributed by atoms with Crippen LogP contribution >= 0.6 is 0 Å². The summed E-state index contributed by atoms with van der Waals surface area (Å²) in [6, 6.07) is 15.1. The van der Waals surface area contributed by atoms with Gasteiger partial charge in [0, 0.05) is 43.4 Å². The topological polar surface area (TPSA) is 133 Å². The van der Waals surface area contributed by atoms with Crippen molar-refractivity contribution in [2.75, 3.05) is 24.7 Å². The number of nitrogens with zero attached hydrogens (tertiary/aromatic N) is 4. The number of amides is 2. The van der Waals surface area contributed by atoms with Gasteiger partial charge in [0.15, 0.2) is 0 Å². The van der Waals surface area contributed by atoms with Crippen LogP contribution in [0.3, 0.4) is 0 Å². The number of Topliss-reactive ketones (excluding diaryl/α,β-unsaturated/α-hetero) is 1. The highest BCUT2D eigenvalue weighted by Crippen LogP contribution is 2.41. The van der Waals surface area contributed by atoms with Gasteiger partial charge >= 0.3 is 5.97 Å². The highest BCUT2D eigenvalue weighted by atomic mass is 16.5. The van der Waals surface area contributed by atoms with Crippen LogP contribution < -0.4 is 10.2 Å². The normalized spacial score (nSPS) is 12.2. The van der Waals surface area contributed by atoms with Crippen LogP contribution in [0.1, 0.15) is 65.4 Å². The summed E-state index contributed by atoms with van der Waals surface area (Å²) in [5.74, 6) is -0.195. The fourth-order valence-electron chi connectivity index (χ4n) is 5.14. The summed E-state index contributed by atoms with van der Waals surface area (Å²) in [4.78, 5) is 52.3. The maximum Gasteiger partial charge on any atom is 0.328 e. The molecule has 1 aromatic heterocycles. The molecular formula is C34H43N5O6. The number of carbonyl (C=O) groups is 4. The number of para-hydroxylation sites is 1. The lowest BCUT2D eigenvalue weighted by Crippen LogP contribution is -2.34. The van der Waals surface area contributed by atoms with Gasteiger partial charge < -0.3 is 19.7 Å². The average molecular weight is 618 g/mol. The number of ether oxygens (including phenoxy) is 2. The fraction of sp³-hybridized carbons (Fsp3) is 0.471. The van der Waals surface area contributed by atoms with Crippen molar-refractivity contribution in [2.45, 2.75) is 79.0 Å². The van der Waals surface area contributed by atoms with Gasteiger partial charge in [-0.2, -0.15) is 0 Å². The van der Waals surface area contributed by atoms with E-state index in [4.69, 9.17) is 9.47 Å². The van der Waals surface area contributed by atoms with Gasteiger partial charge in [-0.1, -0.05) is 61.5 Å². The summed E-state index contributed by atoms with van der Waals surface area (Å²) < 4.78 is 12.4. The van der Waals surface area contributed by atoms with Crippen LogP contribution in [0.5, 0.6) is 0 Å². The average Bonchev–Trinajstić information content (AvgIpc) is 3.40. The largest absolute Gasteiger partial charge is 0.462 e. The Hall–Kier alpha value is -4.38. The molecule has 0 aliphatic carbocycles. The molecule has 1 N–H and O–H groups in total. The highest BCUT2D eigenvalue weighted by Gasteiger charge is 2.29. The highest BCUT2D eigenvalue weighted by molar-refractivity contribution is 6.01. The van der Waals surface area contributed by atoms with E-state index < -0.39 is 5.97 Å². The Morgan fingerprint density at radius 1 is 0.889 bits per heavy atom. The van der Waals surface area contributed by atoms with Crippen molar-refractivity contribution in [1.29, 1.82) is 0 Å². The second-order valence-corrected chi connectivity index (χ2v) is 11.8. The molecule has 1 aliphatic rings. The number of ketones is 1. The molecule has 0 bridgehead atoms. The van der Waals surface area contributed by atoms with E-state index in [2.05, 4.69) is 29.5 Å². The van der Waals surface area contributed by atoms with Gasteiger partial charge in [-0.3, -0.25) is 19.2 Å². The van der Waals surface area contributed by atoms with Gasteiger partial charge in [-0.25, -0.2) is 4.68 Å². The van der Waals surface area contributed by atoms with E-state index in [1.807, 2.05) is 48.5 Å². The molecule has 0 unspecified atom stereocenters. The minimum atomic E-state index is -0.417. The number of anilines is 1. The fourth-order valence-corrected chi connectivity index (χ4v) is 5.14. The number of rotatable bonds is 15. The van der Waals surface area contributed by atoms with E-state index in [9.17, 15) is 19.2 Å². The third-order valence-electron chi connectivity index (χ3n) is 7.39. The molecule has 1 aliphatic heterocycles. The second kappa shape index (κ2) is 16.1. The van der Waals surface area contributed by atoms with Crippen molar-refractivity contribution in [3.63, 3.8) is 0 Å². The Kier molecular flexibility index (Phi) is 12.0. The summed E-state index contributed by atoms with van der Waals surface area (Å²) in [7, 11) is 0. The quantitative estimate of drug-likeness (QED) is 0.191. The lowest BCUT2D eigenvalue weighted by molar-refractivity contribution is -0.148. The first kappa shape index (κ1) is 33.5. The molecular weight excluding hydrogens is 574 g/mol. The van der Waals surface area contributed by atoms with Gasteiger partial charge in [0.25, 0.3) is 0 Å². The van der Waals surface area contributed by atoms with Crippen molar-refractivity contribution < 1.29 is 28.7 Å². The van der Waals surface area contributed by atoms with Crippen molar-refractivity contribution in [2.24, 2.45) is 5.92 Å². The maximum absolute atomic E-state index is 13.7. The summed E-state index contributed by atoms with van der Waals surface area (Å²) >= 11 is 0. The molecule has 0 atom stereocenters. The number of carbonyl (C=O) groups excluding carboxylic acids is 4. The number of benzene rings is 2. The molecule has 2 amide bonds. The zero-order valence-corrected chi connectivity index (χ0v) is 26.6. The molecule has 0 saturated carbocycles. The molecule has 3 aromatic rings. The Morgan fingerprint density at radius 2 is 1.62 bits per heavy atom. The zero-order valence-electron chi connectivity index (χ0n) is 26.6. The van der Waals surface area contributed by atoms with Crippen molar-refractivity contribution in [1.82, 2.24) is 20.3 Å². The lowest BCUT2D eigenvalue weighted by Gasteiger charge is -2.28. The SMILES string of the molecule is CC(C)CCC(=O)CCOCCNC(=O)CCC(=O)N1Cc2ccccc2-c2c(nnn2CC(=O)OC(C)C)-c2ccccc21. The van der Waals surface area contributed by atoms with Crippen molar-refractivity contribution in [3.8, 4) is 22.5 Å². The van der Waals surface area contributed by atoms with Crippen molar-refractivity contribution in [3.05, 3.63) is 54.1 Å². The summed E-state index contributed by atoms with van der Waals surface area (Å²) in [6.45, 7) is 8.86. The van der Waals surface area contributed by atoms with Crippen LogP contribution in [0.2, 0.25) is 0 Å². The van der Waals surface area contributed by atoms with Gasteiger partial charge in [-0.15, -0.1) is 5.10 Å². The van der Waals surface area contributed by atoms with Gasteiger partial charge in [0.05, 0.1) is 37.2 Å². The number of aromatic nitrogens is 3. The van der Waals surface area contributed by atoms with Crippen LogP contribution in [0, 0.1) is 5.92 Å². The van der Waals surface area contributed by atoms with E-state index in [1.165, 1.54) is 0 Å². The standard InChI is InChI=1S/C34H43N5O6/c1-23(2)13-14-26(40)17-19-44-20-18-35-30(41)15-16-31(42)38-21-25-9-5-6-10-27(25)34-33(28-11-7-8-12-29(28)38)36-37-39(34)22-32(43)45-24(3)4/h5-12,23-24H,13-22H2,1-4H3,(H,35,41). The molecule has 11 heteroatoms. The van der Waals surface area contributed by atoms with Gasteiger partial charge in [0.2, 0.25) is 11.8 Å². The molecule has 0 fully saturated rings. The van der Waals surface area contributed by atoms with Crippen LogP contribution in [0.4, 0.5) is 5.69 Å². The number of nitrogens with one attached hydrogen (secondary N) is 1. The number of esters is 1. The minimum Gasteiger partial charge on any atom is -0.462 e. The third-order valence-corrected chi connectivity index (χ3v) is 7.39. The van der Waals surface area contributed by atoms with Crippen LogP contribution in [0.15, 0.2) is 48.5 Å². The summed E-state index contributed by atoms with van der Waals surface area (Å²) in [5, 5.41) is 11.6. The summed E-state index contributed by atoms with van der Waals surface area (Å²) in [5.41, 5.74) is 4.22. The first-order valence-electron chi connectivity index (χ1n) is 15.6.